The van der Waals surface area contributed by atoms with Gasteiger partial charge in [-0.1, -0.05) is 30.3 Å². The van der Waals surface area contributed by atoms with E-state index in [0.29, 0.717) is 24.3 Å². The van der Waals surface area contributed by atoms with Gasteiger partial charge in [0, 0.05) is 18.9 Å². The zero-order valence-corrected chi connectivity index (χ0v) is 15.5. The second-order valence-corrected chi connectivity index (χ2v) is 8.25. The van der Waals surface area contributed by atoms with Crippen molar-refractivity contribution in [3.63, 3.8) is 0 Å². The SMILES string of the molecule is Cc1ccccc1OCCN(C)C(=O)c1cccc(CS(C)(=O)=O)c1. The molecular weight excluding hydrogens is 338 g/mol. The van der Waals surface area contributed by atoms with Crippen molar-refractivity contribution in [3.8, 4) is 5.75 Å². The Morgan fingerprint density at radius 3 is 2.52 bits per heavy atom. The highest BCUT2D eigenvalue weighted by Crippen LogP contribution is 2.16. The molecule has 0 heterocycles. The van der Waals surface area contributed by atoms with Gasteiger partial charge in [0.05, 0.1) is 12.3 Å². The van der Waals surface area contributed by atoms with Crippen LogP contribution in [0.4, 0.5) is 0 Å². The lowest BCUT2D eigenvalue weighted by molar-refractivity contribution is 0.0773. The molecule has 2 aromatic carbocycles. The maximum Gasteiger partial charge on any atom is 0.253 e. The Bertz CT molecular complexity index is 846. The number of hydrogen-bond acceptors (Lipinski definition) is 4. The van der Waals surface area contributed by atoms with E-state index >= 15 is 0 Å². The van der Waals surface area contributed by atoms with Gasteiger partial charge in [-0.05, 0) is 36.2 Å². The van der Waals surface area contributed by atoms with Crippen LogP contribution in [0.5, 0.6) is 5.75 Å². The molecule has 25 heavy (non-hydrogen) atoms. The van der Waals surface area contributed by atoms with E-state index < -0.39 is 9.84 Å². The Labute approximate surface area is 149 Å². The summed E-state index contributed by atoms with van der Waals surface area (Å²) < 4.78 is 28.5. The molecule has 0 atom stereocenters. The molecule has 0 fully saturated rings. The number of likely N-dealkylation sites (N-methyl/N-ethyl adjacent to an activating group) is 1. The molecule has 0 aliphatic carbocycles. The fourth-order valence-corrected chi connectivity index (χ4v) is 3.21. The van der Waals surface area contributed by atoms with Gasteiger partial charge in [-0.25, -0.2) is 8.42 Å². The number of rotatable bonds is 7. The zero-order chi connectivity index (χ0) is 18.4. The number of carbonyl (C=O) groups excluding carboxylic acids is 1. The van der Waals surface area contributed by atoms with Gasteiger partial charge in [-0.3, -0.25) is 4.79 Å². The summed E-state index contributed by atoms with van der Waals surface area (Å²) in [6, 6.07) is 14.4. The Kier molecular flexibility index (Phi) is 6.20. The first-order valence-corrected chi connectivity index (χ1v) is 10.0. The highest BCUT2D eigenvalue weighted by Gasteiger charge is 2.13. The number of sulfone groups is 1. The Balaban J connectivity index is 1.95. The van der Waals surface area contributed by atoms with Crippen molar-refractivity contribution in [1.82, 2.24) is 4.90 Å². The average molecular weight is 361 g/mol. The van der Waals surface area contributed by atoms with E-state index in [1.165, 1.54) is 6.26 Å². The lowest BCUT2D eigenvalue weighted by atomic mass is 10.1. The molecule has 0 saturated heterocycles. The molecule has 0 aromatic heterocycles. The molecule has 0 N–H and O–H groups in total. The van der Waals surface area contributed by atoms with Crippen molar-refractivity contribution in [3.05, 3.63) is 65.2 Å². The van der Waals surface area contributed by atoms with Gasteiger partial charge >= 0.3 is 0 Å². The summed E-state index contributed by atoms with van der Waals surface area (Å²) in [5.41, 5.74) is 2.13. The maximum absolute atomic E-state index is 12.5. The molecular formula is C19H23NO4S. The number of carbonyl (C=O) groups is 1. The summed E-state index contributed by atoms with van der Waals surface area (Å²) in [5.74, 6) is 0.566. The van der Waals surface area contributed by atoms with E-state index in [1.54, 1.807) is 36.2 Å². The smallest absolute Gasteiger partial charge is 0.253 e. The summed E-state index contributed by atoms with van der Waals surface area (Å²) in [6.07, 6.45) is 1.18. The Morgan fingerprint density at radius 2 is 1.84 bits per heavy atom. The van der Waals surface area contributed by atoms with Crippen LogP contribution in [0.3, 0.4) is 0 Å². The molecule has 0 unspecified atom stereocenters. The molecule has 5 nitrogen and oxygen atoms in total. The number of hydrogen-bond donors (Lipinski definition) is 0. The third-order valence-electron chi connectivity index (χ3n) is 3.73. The minimum atomic E-state index is -3.13. The molecule has 134 valence electrons. The molecule has 1 amide bonds. The zero-order valence-electron chi connectivity index (χ0n) is 14.7. The van der Waals surface area contributed by atoms with Crippen molar-refractivity contribution in [1.29, 1.82) is 0 Å². The van der Waals surface area contributed by atoms with E-state index in [0.717, 1.165) is 11.3 Å². The fourth-order valence-electron chi connectivity index (χ4n) is 2.43. The first-order chi connectivity index (χ1) is 11.8. The van der Waals surface area contributed by atoms with Crippen molar-refractivity contribution in [2.75, 3.05) is 26.5 Å². The van der Waals surface area contributed by atoms with Crippen LogP contribution in [0.15, 0.2) is 48.5 Å². The summed E-state index contributed by atoms with van der Waals surface area (Å²) in [6.45, 7) is 2.79. The number of amides is 1. The molecule has 0 bridgehead atoms. The lowest BCUT2D eigenvalue weighted by Gasteiger charge is -2.18. The molecule has 2 rings (SSSR count). The van der Waals surface area contributed by atoms with Crippen molar-refractivity contribution >= 4 is 15.7 Å². The van der Waals surface area contributed by atoms with Crippen LogP contribution in [-0.2, 0) is 15.6 Å². The van der Waals surface area contributed by atoms with E-state index in [4.69, 9.17) is 4.74 Å². The largest absolute Gasteiger partial charge is 0.491 e. The van der Waals surface area contributed by atoms with Crippen LogP contribution in [-0.4, -0.2) is 45.7 Å². The summed E-state index contributed by atoms with van der Waals surface area (Å²) >= 11 is 0. The van der Waals surface area contributed by atoms with Gasteiger partial charge in [0.1, 0.15) is 12.4 Å². The van der Waals surface area contributed by atoms with E-state index in [9.17, 15) is 13.2 Å². The molecule has 0 aliphatic rings. The molecule has 2 aromatic rings. The van der Waals surface area contributed by atoms with Gasteiger partial charge in [-0.2, -0.15) is 0 Å². The number of benzene rings is 2. The van der Waals surface area contributed by atoms with Crippen LogP contribution in [0.1, 0.15) is 21.5 Å². The minimum Gasteiger partial charge on any atom is -0.491 e. The molecule has 6 heteroatoms. The van der Waals surface area contributed by atoms with Crippen LogP contribution in [0.25, 0.3) is 0 Å². The quantitative estimate of drug-likeness (QED) is 0.761. The molecule has 0 radical (unpaired) electrons. The van der Waals surface area contributed by atoms with E-state index in [2.05, 4.69) is 0 Å². The van der Waals surface area contributed by atoms with Gasteiger partial charge in [0.15, 0.2) is 9.84 Å². The molecule has 0 saturated carbocycles. The minimum absolute atomic E-state index is 0.0752. The van der Waals surface area contributed by atoms with Crippen molar-refractivity contribution < 1.29 is 17.9 Å². The van der Waals surface area contributed by atoms with Crippen LogP contribution in [0, 0.1) is 6.92 Å². The predicted octanol–water partition coefficient (Wildman–Crippen LogP) is 2.69. The standard InChI is InChI=1S/C19H23NO4S/c1-15-7-4-5-10-18(15)24-12-11-20(2)19(21)17-9-6-8-16(13-17)14-25(3,22)23/h4-10,13H,11-12,14H2,1-3H3. The first-order valence-electron chi connectivity index (χ1n) is 7.97. The third kappa shape index (κ3) is 5.90. The third-order valence-corrected chi connectivity index (χ3v) is 4.59. The van der Waals surface area contributed by atoms with Gasteiger partial charge in [0.2, 0.25) is 0 Å². The highest BCUT2D eigenvalue weighted by molar-refractivity contribution is 7.89. The Hall–Kier alpha value is -2.34. The van der Waals surface area contributed by atoms with Crippen molar-refractivity contribution in [2.24, 2.45) is 0 Å². The first kappa shape index (κ1) is 19.0. The number of para-hydroxylation sites is 1. The number of aryl methyl sites for hydroxylation is 1. The summed E-state index contributed by atoms with van der Waals surface area (Å²) in [5, 5.41) is 0. The molecule has 0 spiro atoms. The van der Waals surface area contributed by atoms with Crippen LogP contribution in [0.2, 0.25) is 0 Å². The second-order valence-electron chi connectivity index (χ2n) is 6.11. The lowest BCUT2D eigenvalue weighted by Crippen LogP contribution is -2.31. The van der Waals surface area contributed by atoms with Crippen molar-refractivity contribution in [2.45, 2.75) is 12.7 Å². The van der Waals surface area contributed by atoms with Gasteiger partial charge in [0.25, 0.3) is 5.91 Å². The maximum atomic E-state index is 12.5. The van der Waals surface area contributed by atoms with E-state index in [1.807, 2.05) is 31.2 Å². The normalized spacial score (nSPS) is 11.2. The topological polar surface area (TPSA) is 63.7 Å². The summed E-state index contributed by atoms with van der Waals surface area (Å²) in [4.78, 5) is 14.1. The predicted molar refractivity (Wildman–Crippen MR) is 98.6 cm³/mol. The fraction of sp³-hybridized carbons (Fsp3) is 0.316. The number of nitrogens with zero attached hydrogens (tertiary/aromatic N) is 1. The molecule has 0 aliphatic heterocycles. The van der Waals surface area contributed by atoms with Crippen LogP contribution >= 0.6 is 0 Å². The number of ether oxygens (including phenoxy) is 1. The van der Waals surface area contributed by atoms with Gasteiger partial charge < -0.3 is 9.64 Å². The average Bonchev–Trinajstić information content (AvgIpc) is 2.54. The van der Waals surface area contributed by atoms with Gasteiger partial charge in [-0.15, -0.1) is 0 Å². The summed E-state index contributed by atoms with van der Waals surface area (Å²) in [7, 11) is -1.43. The van der Waals surface area contributed by atoms with E-state index in [-0.39, 0.29) is 11.7 Å². The highest BCUT2D eigenvalue weighted by atomic mass is 32.2. The monoisotopic (exact) mass is 361 g/mol. The Morgan fingerprint density at radius 1 is 1.12 bits per heavy atom. The second kappa shape index (κ2) is 8.16. The van der Waals surface area contributed by atoms with Crippen LogP contribution < -0.4 is 4.74 Å².